The molecule has 0 aromatic carbocycles. The number of aromatic nitrogens is 1. The fraction of sp³-hybridized carbons (Fsp3) is 0.444. The summed E-state index contributed by atoms with van der Waals surface area (Å²) >= 11 is 11.6. The summed E-state index contributed by atoms with van der Waals surface area (Å²) in [5.41, 5.74) is 12.1. The maximum Gasteiger partial charge on any atom is 0.135 e. The number of hydrogen-bond donors (Lipinski definition) is 2. The zero-order valence-corrected chi connectivity index (χ0v) is 9.22. The molecule has 0 amide bonds. The third kappa shape index (κ3) is 3.10. The highest BCUT2D eigenvalue weighted by molar-refractivity contribution is 6.32. The van der Waals surface area contributed by atoms with Gasteiger partial charge in [0, 0.05) is 11.6 Å². The molecule has 0 saturated carbocycles. The molecule has 0 bridgehead atoms. The van der Waals surface area contributed by atoms with Crippen molar-refractivity contribution in [1.29, 1.82) is 0 Å². The van der Waals surface area contributed by atoms with Gasteiger partial charge in [-0.3, -0.25) is 0 Å². The fourth-order valence-corrected chi connectivity index (χ4v) is 1.68. The first kappa shape index (κ1) is 11.7. The lowest BCUT2D eigenvalue weighted by Crippen LogP contribution is -2.13. The summed E-state index contributed by atoms with van der Waals surface area (Å²) < 4.78 is 0. The molecule has 1 aromatic heterocycles. The van der Waals surface area contributed by atoms with Crippen molar-refractivity contribution in [2.75, 3.05) is 6.54 Å². The van der Waals surface area contributed by atoms with Crippen LogP contribution in [0.4, 0.5) is 0 Å². The summed E-state index contributed by atoms with van der Waals surface area (Å²) in [6.45, 7) is 0.631. The Morgan fingerprint density at radius 2 is 2.07 bits per heavy atom. The molecule has 4 N–H and O–H groups in total. The van der Waals surface area contributed by atoms with E-state index in [9.17, 15) is 0 Å². The normalized spacial score (nSPS) is 12.9. The van der Waals surface area contributed by atoms with Crippen molar-refractivity contribution >= 4 is 23.2 Å². The molecule has 5 heteroatoms. The molecule has 78 valence electrons. The minimum absolute atomic E-state index is 0.115. The first-order valence-electron chi connectivity index (χ1n) is 4.42. The van der Waals surface area contributed by atoms with Gasteiger partial charge < -0.3 is 11.5 Å². The molecule has 0 aliphatic carbocycles. The van der Waals surface area contributed by atoms with E-state index in [1.54, 1.807) is 12.1 Å². The Morgan fingerprint density at radius 1 is 1.36 bits per heavy atom. The van der Waals surface area contributed by atoms with Crippen molar-refractivity contribution in [3.63, 3.8) is 0 Å². The van der Waals surface area contributed by atoms with Crippen LogP contribution < -0.4 is 11.5 Å². The Balaban J connectivity index is 2.74. The summed E-state index contributed by atoms with van der Waals surface area (Å²) in [6.07, 6.45) is 1.68. The molecule has 0 aliphatic heterocycles. The van der Waals surface area contributed by atoms with Gasteiger partial charge in [-0.2, -0.15) is 0 Å². The van der Waals surface area contributed by atoms with E-state index in [0.717, 1.165) is 18.4 Å². The molecule has 0 radical (unpaired) electrons. The Hall–Kier alpha value is -0.350. The van der Waals surface area contributed by atoms with Gasteiger partial charge in [-0.1, -0.05) is 29.3 Å². The van der Waals surface area contributed by atoms with Crippen LogP contribution in [-0.4, -0.2) is 11.5 Å². The lowest BCUT2D eigenvalue weighted by atomic mass is 10.1. The number of rotatable bonds is 4. The van der Waals surface area contributed by atoms with Crippen LogP contribution in [0.3, 0.4) is 0 Å². The molecule has 0 fully saturated rings. The second-order valence-electron chi connectivity index (χ2n) is 3.05. The van der Waals surface area contributed by atoms with Gasteiger partial charge in [-0.15, -0.1) is 0 Å². The lowest BCUT2D eigenvalue weighted by molar-refractivity contribution is 0.616. The monoisotopic (exact) mass is 233 g/mol. The number of nitrogens with two attached hydrogens (primary N) is 2. The largest absolute Gasteiger partial charge is 0.330 e. The average molecular weight is 234 g/mol. The summed E-state index contributed by atoms with van der Waals surface area (Å²) in [6, 6.07) is 3.38. The van der Waals surface area contributed by atoms with Gasteiger partial charge in [0.05, 0.1) is 0 Å². The molecule has 1 aromatic rings. The highest BCUT2D eigenvalue weighted by Gasteiger charge is 2.10. The van der Waals surface area contributed by atoms with Crippen molar-refractivity contribution in [3.8, 4) is 0 Å². The standard InChI is InChI=1S/C9H13Cl2N3/c10-8-4-3-6(9(11)14-8)7(13)2-1-5-12/h3-4,7H,1-2,5,12-13H2/t7-/m0/s1. The maximum atomic E-state index is 5.91. The van der Waals surface area contributed by atoms with Gasteiger partial charge in [0.25, 0.3) is 0 Å². The molecule has 1 atom stereocenters. The van der Waals surface area contributed by atoms with Crippen LogP contribution in [0.1, 0.15) is 24.4 Å². The van der Waals surface area contributed by atoms with Crippen LogP contribution >= 0.6 is 23.2 Å². The van der Waals surface area contributed by atoms with Gasteiger partial charge in [0.2, 0.25) is 0 Å². The van der Waals surface area contributed by atoms with E-state index >= 15 is 0 Å². The van der Waals surface area contributed by atoms with Crippen LogP contribution in [0.25, 0.3) is 0 Å². The van der Waals surface area contributed by atoms with Gasteiger partial charge in [0.15, 0.2) is 0 Å². The average Bonchev–Trinajstić information content (AvgIpc) is 2.14. The third-order valence-corrected chi connectivity index (χ3v) is 2.48. The predicted octanol–water partition coefficient (Wildman–Crippen LogP) is 2.13. The fourth-order valence-electron chi connectivity index (χ4n) is 1.19. The van der Waals surface area contributed by atoms with Gasteiger partial charge in [0.1, 0.15) is 10.3 Å². The maximum absolute atomic E-state index is 5.91. The smallest absolute Gasteiger partial charge is 0.135 e. The van der Waals surface area contributed by atoms with E-state index < -0.39 is 0 Å². The Bertz CT molecular complexity index is 304. The van der Waals surface area contributed by atoms with Crippen molar-refractivity contribution in [2.45, 2.75) is 18.9 Å². The summed E-state index contributed by atoms with van der Waals surface area (Å²) in [7, 11) is 0. The van der Waals surface area contributed by atoms with E-state index in [2.05, 4.69) is 4.98 Å². The minimum atomic E-state index is -0.115. The zero-order chi connectivity index (χ0) is 10.6. The number of hydrogen-bond acceptors (Lipinski definition) is 3. The van der Waals surface area contributed by atoms with E-state index in [1.165, 1.54) is 0 Å². The second-order valence-corrected chi connectivity index (χ2v) is 3.80. The molecule has 0 aliphatic rings. The molecule has 14 heavy (non-hydrogen) atoms. The second kappa shape index (κ2) is 5.51. The highest BCUT2D eigenvalue weighted by atomic mass is 35.5. The van der Waals surface area contributed by atoms with E-state index in [1.807, 2.05) is 0 Å². The van der Waals surface area contributed by atoms with Crippen LogP contribution in [-0.2, 0) is 0 Å². The van der Waals surface area contributed by atoms with E-state index in [4.69, 9.17) is 34.7 Å². The topological polar surface area (TPSA) is 64.9 Å². The first-order chi connectivity index (χ1) is 6.65. The molecule has 3 nitrogen and oxygen atoms in total. The van der Waals surface area contributed by atoms with Crippen LogP contribution in [0.5, 0.6) is 0 Å². The number of nitrogens with zero attached hydrogens (tertiary/aromatic N) is 1. The van der Waals surface area contributed by atoms with Gasteiger partial charge in [-0.25, -0.2) is 4.98 Å². The van der Waals surface area contributed by atoms with Crippen molar-refractivity contribution in [3.05, 3.63) is 28.0 Å². The predicted molar refractivity (Wildman–Crippen MR) is 59.5 cm³/mol. The highest BCUT2D eigenvalue weighted by Crippen LogP contribution is 2.24. The van der Waals surface area contributed by atoms with Crippen molar-refractivity contribution in [2.24, 2.45) is 11.5 Å². The lowest BCUT2D eigenvalue weighted by Gasteiger charge is -2.12. The quantitative estimate of drug-likeness (QED) is 0.784. The SMILES string of the molecule is NCCC[C@H](N)c1ccc(Cl)nc1Cl. The van der Waals surface area contributed by atoms with E-state index in [-0.39, 0.29) is 6.04 Å². The minimum Gasteiger partial charge on any atom is -0.330 e. The molecular formula is C9H13Cl2N3. The summed E-state index contributed by atoms with van der Waals surface area (Å²) in [5, 5.41) is 0.756. The Kier molecular flexibility index (Phi) is 4.62. The number of halogens is 2. The van der Waals surface area contributed by atoms with Crippen LogP contribution in [0.15, 0.2) is 12.1 Å². The van der Waals surface area contributed by atoms with E-state index in [0.29, 0.717) is 16.9 Å². The molecular weight excluding hydrogens is 221 g/mol. The summed E-state index contributed by atoms with van der Waals surface area (Å²) in [4.78, 5) is 3.92. The van der Waals surface area contributed by atoms with Gasteiger partial charge >= 0.3 is 0 Å². The molecule has 0 saturated heterocycles. The first-order valence-corrected chi connectivity index (χ1v) is 5.18. The third-order valence-electron chi connectivity index (χ3n) is 1.96. The Morgan fingerprint density at radius 3 is 2.64 bits per heavy atom. The van der Waals surface area contributed by atoms with Crippen molar-refractivity contribution in [1.82, 2.24) is 4.98 Å². The molecule has 0 unspecified atom stereocenters. The van der Waals surface area contributed by atoms with Crippen LogP contribution in [0, 0.1) is 0 Å². The van der Waals surface area contributed by atoms with Crippen molar-refractivity contribution < 1.29 is 0 Å². The molecule has 0 spiro atoms. The Labute approximate surface area is 93.4 Å². The number of pyridine rings is 1. The zero-order valence-electron chi connectivity index (χ0n) is 7.71. The molecule has 1 heterocycles. The van der Waals surface area contributed by atoms with Gasteiger partial charge in [-0.05, 0) is 25.5 Å². The summed E-state index contributed by atoms with van der Waals surface area (Å²) in [5.74, 6) is 0. The molecule has 1 rings (SSSR count). The van der Waals surface area contributed by atoms with Crippen LogP contribution in [0.2, 0.25) is 10.3 Å².